The van der Waals surface area contributed by atoms with Crippen molar-refractivity contribution in [2.24, 2.45) is 0 Å². The fraction of sp³-hybridized carbons (Fsp3) is 0.364. The molecule has 0 aliphatic heterocycles. The minimum atomic E-state index is -0.274. The van der Waals surface area contributed by atoms with Gasteiger partial charge in [0.1, 0.15) is 0 Å². The Morgan fingerprint density at radius 1 is 1.50 bits per heavy atom. The van der Waals surface area contributed by atoms with E-state index in [4.69, 9.17) is 9.84 Å². The molecule has 0 aliphatic rings. The maximum Gasteiger partial charge on any atom is 0.339 e. The van der Waals surface area contributed by atoms with Gasteiger partial charge in [-0.3, -0.25) is 0 Å². The minimum absolute atomic E-state index is 0.00814. The Balaban J connectivity index is 2.68. The van der Waals surface area contributed by atoms with Gasteiger partial charge in [0.2, 0.25) is 0 Å². The van der Waals surface area contributed by atoms with E-state index in [2.05, 4.69) is 22.6 Å². The van der Waals surface area contributed by atoms with Crippen LogP contribution in [0.25, 0.3) is 0 Å². The molecular weight excluding hydrogens is 335 g/mol. The van der Waals surface area contributed by atoms with E-state index in [-0.39, 0.29) is 12.6 Å². The van der Waals surface area contributed by atoms with E-state index in [0.29, 0.717) is 12.2 Å². The van der Waals surface area contributed by atoms with Crippen molar-refractivity contribution in [1.29, 1.82) is 0 Å². The van der Waals surface area contributed by atoms with Gasteiger partial charge in [0.05, 0.1) is 18.8 Å². The number of hydrogen-bond acceptors (Lipinski definition) is 3. The lowest BCUT2D eigenvalue weighted by Crippen LogP contribution is -2.08. The van der Waals surface area contributed by atoms with Crippen LogP contribution in [0.15, 0.2) is 18.2 Å². The van der Waals surface area contributed by atoms with E-state index < -0.39 is 0 Å². The lowest BCUT2D eigenvalue weighted by molar-refractivity contribution is 0.0504. The van der Waals surface area contributed by atoms with Gasteiger partial charge in [-0.2, -0.15) is 0 Å². The number of ether oxygens (including phenoxy) is 1. The molecule has 0 radical (unpaired) electrons. The molecule has 0 fully saturated rings. The number of aliphatic hydroxyl groups excluding tert-OH is 1. The molecule has 0 amide bonds. The summed E-state index contributed by atoms with van der Waals surface area (Å²) in [4.78, 5) is 11.7. The van der Waals surface area contributed by atoms with E-state index in [0.717, 1.165) is 31.8 Å². The van der Waals surface area contributed by atoms with Crippen molar-refractivity contribution in [3.05, 3.63) is 32.9 Å². The third-order valence-electron chi connectivity index (χ3n) is 2.17. The summed E-state index contributed by atoms with van der Waals surface area (Å²) in [5.74, 6) is -0.274. The lowest BCUT2D eigenvalue weighted by atomic mass is 10.1. The molecule has 0 heterocycles. The fourth-order valence-corrected chi connectivity index (χ4v) is 2.30. The summed E-state index contributed by atoms with van der Waals surface area (Å²) in [5.41, 5.74) is 1.38. The third-order valence-corrected chi connectivity index (χ3v) is 3.77. The van der Waals surface area contributed by atoms with Crippen molar-refractivity contribution in [3.63, 3.8) is 0 Å². The second-order valence-electron chi connectivity index (χ2n) is 3.46. The van der Waals surface area contributed by atoms with Crippen LogP contribution in [0.1, 0.15) is 22.3 Å². The molecule has 88 valence electrons. The van der Waals surface area contributed by atoms with Crippen LogP contribution in [-0.2, 0) is 11.3 Å². The average molecular weight is 350 g/mol. The molecule has 5 heteroatoms. The molecule has 1 aromatic rings. The summed E-state index contributed by atoms with van der Waals surface area (Å²) in [7, 11) is 1.15. The summed E-state index contributed by atoms with van der Waals surface area (Å²) < 4.78 is 5.96. The number of hydrogen-bond donors (Lipinski definition) is 1. The van der Waals surface area contributed by atoms with Crippen molar-refractivity contribution in [1.82, 2.24) is 0 Å². The summed E-state index contributed by atoms with van der Waals surface area (Å²) in [5, 5.41) is 8.95. The van der Waals surface area contributed by atoms with Gasteiger partial charge in [0, 0.05) is 13.8 Å². The average Bonchev–Trinajstić information content (AvgIpc) is 2.29. The number of halogens is 1. The van der Waals surface area contributed by atoms with Gasteiger partial charge in [-0.25, -0.2) is 4.79 Å². The van der Waals surface area contributed by atoms with Gasteiger partial charge in [0.25, 0.3) is 0 Å². The molecule has 0 aromatic heterocycles. The predicted octanol–water partition coefficient (Wildman–Crippen LogP) is 1.11. The van der Waals surface area contributed by atoms with Crippen LogP contribution >= 0.6 is 22.6 Å². The van der Waals surface area contributed by atoms with E-state index >= 15 is 0 Å². The van der Waals surface area contributed by atoms with Crippen LogP contribution in [0.2, 0.25) is 6.04 Å². The van der Waals surface area contributed by atoms with Gasteiger partial charge < -0.3 is 9.84 Å². The zero-order valence-electron chi connectivity index (χ0n) is 9.20. The molecule has 0 unspecified atom stereocenters. The van der Waals surface area contributed by atoms with Crippen LogP contribution in [0.5, 0.6) is 0 Å². The van der Waals surface area contributed by atoms with Crippen LogP contribution in [0.4, 0.5) is 0 Å². The van der Waals surface area contributed by atoms with Crippen LogP contribution in [-0.4, -0.2) is 27.9 Å². The Bertz CT molecular complexity index is 368. The fourth-order valence-electron chi connectivity index (χ4n) is 1.21. The van der Waals surface area contributed by atoms with Crippen molar-refractivity contribution < 1.29 is 14.6 Å². The molecular formula is C11H15IO3Si. The SMILES string of the molecule is O=C(OCCC[SiH3])c1ccc(CO)cc1I. The highest BCUT2D eigenvalue weighted by molar-refractivity contribution is 14.1. The zero-order chi connectivity index (χ0) is 12.0. The molecule has 0 saturated carbocycles. The molecule has 0 bridgehead atoms. The molecule has 1 aromatic carbocycles. The number of benzene rings is 1. The van der Waals surface area contributed by atoms with Crippen molar-refractivity contribution in [2.45, 2.75) is 19.1 Å². The van der Waals surface area contributed by atoms with Crippen molar-refractivity contribution >= 4 is 38.8 Å². The van der Waals surface area contributed by atoms with Crippen LogP contribution < -0.4 is 0 Å². The Morgan fingerprint density at radius 3 is 2.81 bits per heavy atom. The summed E-state index contributed by atoms with van der Waals surface area (Å²) in [6.45, 7) is 0.492. The predicted molar refractivity (Wildman–Crippen MR) is 74.7 cm³/mol. The number of esters is 1. The highest BCUT2D eigenvalue weighted by Crippen LogP contribution is 2.16. The van der Waals surface area contributed by atoms with E-state index in [1.165, 1.54) is 0 Å². The standard InChI is InChI=1S/C11H15IO3Si/c12-10-6-8(7-13)2-3-9(10)11(14)15-4-1-5-16/h2-3,6,13H,1,4-5,7H2,16H3. The van der Waals surface area contributed by atoms with E-state index in [1.54, 1.807) is 18.2 Å². The normalized spacial score (nSPS) is 10.4. The smallest absolute Gasteiger partial charge is 0.339 e. The highest BCUT2D eigenvalue weighted by Gasteiger charge is 2.11. The molecule has 1 rings (SSSR count). The van der Waals surface area contributed by atoms with Crippen LogP contribution in [0.3, 0.4) is 0 Å². The van der Waals surface area contributed by atoms with Gasteiger partial charge in [-0.1, -0.05) is 12.1 Å². The second kappa shape index (κ2) is 7.03. The molecule has 1 N–H and O–H groups in total. The molecule has 0 saturated heterocycles. The lowest BCUT2D eigenvalue weighted by Gasteiger charge is -2.06. The van der Waals surface area contributed by atoms with Gasteiger partial charge in [0.15, 0.2) is 0 Å². The molecule has 3 nitrogen and oxygen atoms in total. The van der Waals surface area contributed by atoms with Crippen molar-refractivity contribution in [2.75, 3.05) is 6.61 Å². The van der Waals surface area contributed by atoms with Crippen molar-refractivity contribution in [3.8, 4) is 0 Å². The van der Waals surface area contributed by atoms with E-state index in [1.807, 2.05) is 0 Å². The van der Waals surface area contributed by atoms with Crippen LogP contribution in [0, 0.1) is 3.57 Å². The molecule has 16 heavy (non-hydrogen) atoms. The zero-order valence-corrected chi connectivity index (χ0v) is 13.4. The van der Waals surface area contributed by atoms with Gasteiger partial charge in [-0.15, -0.1) is 0 Å². The molecule has 0 aliphatic carbocycles. The monoisotopic (exact) mass is 350 g/mol. The first kappa shape index (κ1) is 13.7. The topological polar surface area (TPSA) is 46.5 Å². The first-order chi connectivity index (χ1) is 7.69. The Kier molecular flexibility index (Phi) is 6.00. The largest absolute Gasteiger partial charge is 0.462 e. The summed E-state index contributed by atoms with van der Waals surface area (Å²) >= 11 is 2.08. The van der Waals surface area contributed by atoms with E-state index in [9.17, 15) is 4.79 Å². The minimum Gasteiger partial charge on any atom is -0.462 e. The maximum atomic E-state index is 11.7. The number of rotatable bonds is 5. The third kappa shape index (κ3) is 3.87. The van der Waals surface area contributed by atoms with Gasteiger partial charge >= 0.3 is 5.97 Å². The second-order valence-corrected chi connectivity index (χ2v) is 5.62. The Hall–Kier alpha value is -0.403. The molecule has 0 atom stereocenters. The summed E-state index contributed by atoms with van der Waals surface area (Å²) in [6, 6.07) is 6.39. The Morgan fingerprint density at radius 2 is 2.25 bits per heavy atom. The Labute approximate surface area is 112 Å². The summed E-state index contributed by atoms with van der Waals surface area (Å²) in [6.07, 6.45) is 0.948. The number of carbonyl (C=O) groups excluding carboxylic acids is 1. The number of aliphatic hydroxyl groups is 1. The maximum absolute atomic E-state index is 11.7. The molecule has 0 spiro atoms. The quantitative estimate of drug-likeness (QED) is 0.375. The van der Waals surface area contributed by atoms with Gasteiger partial charge in [-0.05, 0) is 46.7 Å². The first-order valence-corrected chi connectivity index (χ1v) is 7.74. The number of carbonyl (C=O) groups is 1. The highest BCUT2D eigenvalue weighted by atomic mass is 127. The first-order valence-electron chi connectivity index (χ1n) is 5.25.